The number of carbonyl (C=O) groups excluding carboxylic acids is 1. The van der Waals surface area contributed by atoms with Crippen LogP contribution in [-0.2, 0) is 11.2 Å². The zero-order valence-electron chi connectivity index (χ0n) is 12.8. The van der Waals surface area contributed by atoms with Gasteiger partial charge in [0.15, 0.2) is 11.5 Å². The van der Waals surface area contributed by atoms with Gasteiger partial charge in [-0.15, -0.1) is 10.2 Å². The number of alkyl halides is 1. The first kappa shape index (κ1) is 15.5. The van der Waals surface area contributed by atoms with Crippen LogP contribution in [0.3, 0.4) is 0 Å². The highest BCUT2D eigenvalue weighted by atomic mass is 19.1. The van der Waals surface area contributed by atoms with Gasteiger partial charge in [0.1, 0.15) is 17.8 Å². The normalized spacial score (nSPS) is 21.0. The molecule has 0 saturated heterocycles. The highest BCUT2D eigenvalue weighted by molar-refractivity contribution is 5.85. The minimum atomic E-state index is -1.64. The topological polar surface area (TPSA) is 60.2 Å². The van der Waals surface area contributed by atoms with Crippen molar-refractivity contribution >= 4 is 11.4 Å². The Morgan fingerprint density at radius 2 is 2.13 bits per heavy atom. The van der Waals surface area contributed by atoms with Gasteiger partial charge in [-0.05, 0) is 24.3 Å². The van der Waals surface area contributed by atoms with Crippen LogP contribution in [0.15, 0.2) is 36.2 Å². The summed E-state index contributed by atoms with van der Waals surface area (Å²) < 4.78 is 28.3. The highest BCUT2D eigenvalue weighted by Crippen LogP contribution is 2.23. The molecule has 0 spiro atoms. The van der Waals surface area contributed by atoms with Crippen molar-refractivity contribution in [2.45, 2.75) is 32.4 Å². The number of aromatic nitrogens is 4. The lowest BCUT2D eigenvalue weighted by Gasteiger charge is -2.16. The molecule has 2 heterocycles. The summed E-state index contributed by atoms with van der Waals surface area (Å²) in [6.07, 6.45) is 1.52. The van der Waals surface area contributed by atoms with Crippen LogP contribution in [0.5, 0.6) is 0 Å². The van der Waals surface area contributed by atoms with Crippen LogP contribution in [0.4, 0.5) is 8.78 Å². The summed E-state index contributed by atoms with van der Waals surface area (Å²) in [5.74, 6) is -1.15. The quantitative estimate of drug-likeness (QED) is 0.869. The van der Waals surface area contributed by atoms with E-state index in [4.69, 9.17) is 0 Å². The van der Waals surface area contributed by atoms with Crippen LogP contribution in [-0.4, -0.2) is 31.8 Å². The number of fused-ring (bicyclic) bond motifs is 1. The van der Waals surface area contributed by atoms with Gasteiger partial charge in [0.25, 0.3) is 0 Å². The van der Waals surface area contributed by atoms with Gasteiger partial charge >= 0.3 is 0 Å². The van der Waals surface area contributed by atoms with Crippen LogP contribution in [0.1, 0.15) is 31.3 Å². The van der Waals surface area contributed by atoms with Crippen molar-refractivity contribution in [3.05, 3.63) is 47.7 Å². The maximum Gasteiger partial charge on any atom is 0.177 e. The van der Waals surface area contributed by atoms with Crippen molar-refractivity contribution in [2.75, 3.05) is 0 Å². The summed E-state index contributed by atoms with van der Waals surface area (Å²) in [6.45, 7) is 3.94. The van der Waals surface area contributed by atoms with Crippen molar-refractivity contribution in [1.82, 2.24) is 19.8 Å². The Labute approximate surface area is 131 Å². The zero-order valence-corrected chi connectivity index (χ0v) is 12.8. The van der Waals surface area contributed by atoms with E-state index < -0.39 is 17.9 Å². The molecule has 0 N–H and O–H groups in total. The van der Waals surface area contributed by atoms with Crippen LogP contribution >= 0.6 is 0 Å². The largest absolute Gasteiger partial charge is 0.298 e. The summed E-state index contributed by atoms with van der Waals surface area (Å²) >= 11 is 0. The average Bonchev–Trinajstić information content (AvgIpc) is 2.90. The van der Waals surface area contributed by atoms with Gasteiger partial charge in [0, 0.05) is 5.92 Å². The van der Waals surface area contributed by atoms with Gasteiger partial charge in [-0.25, -0.2) is 8.78 Å². The molecule has 0 amide bonds. The van der Waals surface area contributed by atoms with Crippen molar-refractivity contribution in [3.63, 3.8) is 0 Å². The Balaban J connectivity index is 1.83. The predicted molar refractivity (Wildman–Crippen MR) is 80.3 cm³/mol. The second kappa shape index (κ2) is 5.98. The monoisotopic (exact) mass is 318 g/mol. The molecule has 2 aromatic rings. The fraction of sp³-hybridized carbons (Fsp3) is 0.375. The Morgan fingerprint density at radius 1 is 1.35 bits per heavy atom. The Morgan fingerprint density at radius 3 is 2.83 bits per heavy atom. The summed E-state index contributed by atoms with van der Waals surface area (Å²) in [6, 6.07) is 3.39. The van der Waals surface area contributed by atoms with Crippen LogP contribution in [0.25, 0.3) is 5.65 Å². The van der Waals surface area contributed by atoms with Crippen LogP contribution < -0.4 is 0 Å². The molecule has 1 aliphatic carbocycles. The van der Waals surface area contributed by atoms with E-state index in [-0.39, 0.29) is 18.1 Å². The van der Waals surface area contributed by atoms with Crippen LogP contribution in [0.2, 0.25) is 0 Å². The first-order chi connectivity index (χ1) is 11.0. The summed E-state index contributed by atoms with van der Waals surface area (Å²) in [5, 5.41) is 12.5. The number of allylic oxidation sites excluding steroid dienone is 4. The molecular weight excluding hydrogens is 302 g/mol. The minimum Gasteiger partial charge on any atom is -0.298 e. The second-order valence-electron chi connectivity index (χ2n) is 5.83. The summed E-state index contributed by atoms with van der Waals surface area (Å²) in [4.78, 5) is 12.3. The minimum absolute atomic E-state index is 0.0312. The van der Waals surface area contributed by atoms with Crippen molar-refractivity contribution in [2.24, 2.45) is 5.92 Å². The average molecular weight is 318 g/mol. The molecule has 0 saturated carbocycles. The molecule has 5 nitrogen and oxygen atoms in total. The van der Waals surface area contributed by atoms with Crippen molar-refractivity contribution in [1.29, 1.82) is 0 Å². The number of ketones is 1. The fourth-order valence-electron chi connectivity index (χ4n) is 2.49. The first-order valence-electron chi connectivity index (χ1n) is 7.39. The lowest BCUT2D eigenvalue weighted by Crippen LogP contribution is -2.26. The lowest BCUT2D eigenvalue weighted by molar-refractivity contribution is -0.122. The van der Waals surface area contributed by atoms with Crippen molar-refractivity contribution < 1.29 is 13.6 Å². The summed E-state index contributed by atoms with van der Waals surface area (Å²) in [5.41, 5.74) is 1.09. The molecular formula is C16H16F2N4O. The van der Waals surface area contributed by atoms with Crippen molar-refractivity contribution in [3.8, 4) is 0 Å². The third-order valence-electron chi connectivity index (χ3n) is 3.71. The van der Waals surface area contributed by atoms with Gasteiger partial charge in [-0.2, -0.15) is 9.61 Å². The molecule has 2 atom stereocenters. The van der Waals surface area contributed by atoms with Gasteiger partial charge in [-0.3, -0.25) is 4.79 Å². The molecule has 0 aliphatic heterocycles. The number of hydrogen-bond acceptors (Lipinski definition) is 4. The maximum atomic E-state index is 13.8. The highest BCUT2D eigenvalue weighted by Gasteiger charge is 2.27. The van der Waals surface area contributed by atoms with Crippen LogP contribution in [0, 0.1) is 5.92 Å². The zero-order chi connectivity index (χ0) is 16.6. The number of nitrogens with zero attached hydrogens (tertiary/aromatic N) is 4. The third-order valence-corrected chi connectivity index (χ3v) is 3.71. The van der Waals surface area contributed by atoms with E-state index in [1.807, 2.05) is 13.8 Å². The van der Waals surface area contributed by atoms with Gasteiger partial charge in [0.2, 0.25) is 0 Å². The number of Topliss-reactive ketones (excluding diaryl/α,β-unsaturated/α-hetero) is 1. The standard InChI is InChI=1S/C16H16F2N4O/c1-9(2)16-20-19-15-6-4-11(21-22(15)16)8-14(23)12-5-3-10(17)7-13(12)18/h3-7,9,12-13H,8H2,1-2H3. The first-order valence-corrected chi connectivity index (χ1v) is 7.39. The Hall–Kier alpha value is -2.44. The molecule has 3 rings (SSSR count). The molecule has 2 aromatic heterocycles. The lowest BCUT2D eigenvalue weighted by atomic mass is 9.91. The third kappa shape index (κ3) is 3.04. The molecule has 0 aromatic carbocycles. The molecule has 23 heavy (non-hydrogen) atoms. The maximum absolute atomic E-state index is 13.8. The van der Waals surface area contributed by atoms with E-state index in [9.17, 15) is 13.6 Å². The fourth-order valence-corrected chi connectivity index (χ4v) is 2.49. The van der Waals surface area contributed by atoms with Gasteiger partial charge in [-0.1, -0.05) is 19.9 Å². The molecule has 0 fully saturated rings. The number of carbonyl (C=O) groups is 1. The Kier molecular flexibility index (Phi) is 4.02. The van der Waals surface area contributed by atoms with E-state index in [2.05, 4.69) is 15.3 Å². The smallest absolute Gasteiger partial charge is 0.177 e. The predicted octanol–water partition coefficient (Wildman–Crippen LogP) is 2.74. The van der Waals surface area contributed by atoms with E-state index in [0.717, 1.165) is 12.2 Å². The van der Waals surface area contributed by atoms with E-state index in [1.165, 1.54) is 6.08 Å². The number of rotatable bonds is 4. The van der Waals surface area contributed by atoms with Gasteiger partial charge in [0.05, 0.1) is 18.0 Å². The van der Waals surface area contributed by atoms with Gasteiger partial charge < -0.3 is 0 Å². The van der Waals surface area contributed by atoms with E-state index >= 15 is 0 Å². The molecule has 120 valence electrons. The summed E-state index contributed by atoms with van der Waals surface area (Å²) in [7, 11) is 0. The molecule has 1 aliphatic rings. The number of hydrogen-bond donors (Lipinski definition) is 0. The van der Waals surface area contributed by atoms with E-state index in [1.54, 1.807) is 16.6 Å². The Bertz CT molecular complexity index is 810. The SMILES string of the molecule is CC(C)c1nnc2ccc(CC(=O)C3C=CC(F)=CC3F)nn12. The molecule has 7 heteroatoms. The second-order valence-corrected chi connectivity index (χ2v) is 5.83. The molecule has 0 bridgehead atoms. The molecule has 0 radical (unpaired) electrons. The molecule has 2 unspecified atom stereocenters. The van der Waals surface area contributed by atoms with E-state index in [0.29, 0.717) is 17.2 Å². The number of halogens is 2.